The van der Waals surface area contributed by atoms with Crippen LogP contribution in [0.2, 0.25) is 0 Å². The Kier molecular flexibility index (Phi) is 5.24. The van der Waals surface area contributed by atoms with Crippen LogP contribution < -0.4 is 4.74 Å². The molecule has 0 spiro atoms. The number of carbonyl (C=O) groups is 2. The highest BCUT2D eigenvalue weighted by atomic mass is 16.6. The molecule has 0 saturated carbocycles. The summed E-state index contributed by atoms with van der Waals surface area (Å²) < 4.78 is 10.7. The van der Waals surface area contributed by atoms with Crippen LogP contribution in [0.3, 0.4) is 0 Å². The van der Waals surface area contributed by atoms with Gasteiger partial charge in [0.1, 0.15) is 5.75 Å². The summed E-state index contributed by atoms with van der Waals surface area (Å²) in [6.07, 6.45) is 0.819. The minimum atomic E-state index is -0.557. The summed E-state index contributed by atoms with van der Waals surface area (Å²) in [5.74, 6) is -0.124. The predicted octanol–water partition coefficient (Wildman–Crippen LogP) is 3.35. The van der Waals surface area contributed by atoms with Gasteiger partial charge in [0, 0.05) is 18.5 Å². The van der Waals surface area contributed by atoms with Gasteiger partial charge in [-0.15, -0.1) is 0 Å². The zero-order chi connectivity index (χ0) is 19.3. The quantitative estimate of drug-likeness (QED) is 0.642. The van der Waals surface area contributed by atoms with E-state index in [0.29, 0.717) is 18.8 Å². The average molecular weight is 375 g/mol. The molecule has 0 fully saturated rings. The number of nitrogens with zero attached hydrogens (tertiary/aromatic N) is 1. The molecule has 0 N–H and O–H groups in total. The highest BCUT2D eigenvalue weighted by molar-refractivity contribution is 5.88. The Morgan fingerprint density at radius 2 is 1.61 bits per heavy atom. The van der Waals surface area contributed by atoms with E-state index in [9.17, 15) is 9.59 Å². The standard InChI is InChI=1S/C23H21NO4/c25-22(24-13-12-17-6-1-2-8-19(17)14-24)15-28-23(26)16-27-21-11-5-9-18-7-3-4-10-20(18)21/h1-11H,12-16H2. The van der Waals surface area contributed by atoms with Crippen LogP contribution in [0.15, 0.2) is 66.7 Å². The van der Waals surface area contributed by atoms with E-state index in [1.807, 2.05) is 60.7 Å². The summed E-state index contributed by atoms with van der Waals surface area (Å²) in [6.45, 7) is 0.697. The molecular formula is C23H21NO4. The van der Waals surface area contributed by atoms with Crippen LogP contribution in [0.4, 0.5) is 0 Å². The maximum Gasteiger partial charge on any atom is 0.344 e. The molecule has 0 aliphatic carbocycles. The summed E-state index contributed by atoms with van der Waals surface area (Å²) in [4.78, 5) is 26.1. The monoisotopic (exact) mass is 375 g/mol. The summed E-state index contributed by atoms with van der Waals surface area (Å²) in [7, 11) is 0. The third-order valence-corrected chi connectivity index (χ3v) is 4.94. The molecular weight excluding hydrogens is 354 g/mol. The highest BCUT2D eigenvalue weighted by Crippen LogP contribution is 2.25. The van der Waals surface area contributed by atoms with Crippen LogP contribution in [0.1, 0.15) is 11.1 Å². The van der Waals surface area contributed by atoms with Crippen LogP contribution in [0.25, 0.3) is 10.8 Å². The number of hydrogen-bond acceptors (Lipinski definition) is 4. The Morgan fingerprint density at radius 3 is 2.50 bits per heavy atom. The van der Waals surface area contributed by atoms with Gasteiger partial charge < -0.3 is 14.4 Å². The van der Waals surface area contributed by atoms with E-state index in [2.05, 4.69) is 6.07 Å². The van der Waals surface area contributed by atoms with Gasteiger partial charge in [-0.25, -0.2) is 4.79 Å². The summed E-state index contributed by atoms with van der Waals surface area (Å²) in [5.41, 5.74) is 2.42. The molecule has 0 radical (unpaired) electrons. The van der Waals surface area contributed by atoms with E-state index >= 15 is 0 Å². The Hall–Kier alpha value is -3.34. The number of benzene rings is 3. The van der Waals surface area contributed by atoms with E-state index in [4.69, 9.17) is 9.47 Å². The molecule has 0 unspecified atom stereocenters. The Bertz CT molecular complexity index is 1010. The van der Waals surface area contributed by atoms with Gasteiger partial charge in [-0.2, -0.15) is 0 Å². The Balaban J connectivity index is 1.28. The van der Waals surface area contributed by atoms with Crippen molar-refractivity contribution in [3.8, 4) is 5.75 Å². The van der Waals surface area contributed by atoms with E-state index in [1.54, 1.807) is 4.90 Å². The fourth-order valence-electron chi connectivity index (χ4n) is 3.44. The van der Waals surface area contributed by atoms with E-state index in [1.165, 1.54) is 5.56 Å². The molecule has 142 valence electrons. The lowest BCUT2D eigenvalue weighted by Gasteiger charge is -2.28. The van der Waals surface area contributed by atoms with Crippen LogP contribution in [0.5, 0.6) is 5.75 Å². The molecule has 28 heavy (non-hydrogen) atoms. The SMILES string of the molecule is O=C(COc1cccc2ccccc12)OCC(=O)N1CCc2ccccc2C1. The lowest BCUT2D eigenvalue weighted by molar-refractivity contribution is -0.154. The molecule has 5 heteroatoms. The Labute approximate surface area is 163 Å². The maximum absolute atomic E-state index is 12.4. The second-order valence-electron chi connectivity index (χ2n) is 6.76. The average Bonchev–Trinajstić information content (AvgIpc) is 2.75. The molecule has 4 rings (SSSR count). The van der Waals surface area contributed by atoms with Crippen molar-refractivity contribution >= 4 is 22.6 Å². The number of ether oxygens (including phenoxy) is 2. The number of carbonyl (C=O) groups excluding carboxylic acids is 2. The summed E-state index contributed by atoms with van der Waals surface area (Å²) >= 11 is 0. The molecule has 0 atom stereocenters. The Morgan fingerprint density at radius 1 is 0.857 bits per heavy atom. The van der Waals surface area contributed by atoms with Crippen molar-refractivity contribution in [2.75, 3.05) is 19.8 Å². The minimum absolute atomic E-state index is 0.187. The van der Waals surface area contributed by atoms with Crippen LogP contribution in [-0.2, 0) is 27.3 Å². The van der Waals surface area contributed by atoms with Crippen molar-refractivity contribution < 1.29 is 19.1 Å². The topological polar surface area (TPSA) is 55.8 Å². The lowest BCUT2D eigenvalue weighted by Crippen LogP contribution is -2.38. The van der Waals surface area contributed by atoms with Gasteiger partial charge in [0.2, 0.25) is 0 Å². The van der Waals surface area contributed by atoms with Crippen LogP contribution in [0, 0.1) is 0 Å². The molecule has 3 aromatic carbocycles. The number of esters is 1. The number of amides is 1. The molecule has 0 saturated heterocycles. The maximum atomic E-state index is 12.4. The minimum Gasteiger partial charge on any atom is -0.481 e. The molecule has 1 heterocycles. The van der Waals surface area contributed by atoms with E-state index < -0.39 is 5.97 Å². The molecule has 0 aromatic heterocycles. The fourth-order valence-corrected chi connectivity index (χ4v) is 3.44. The molecule has 1 amide bonds. The van der Waals surface area contributed by atoms with Crippen molar-refractivity contribution in [1.82, 2.24) is 4.90 Å². The second-order valence-corrected chi connectivity index (χ2v) is 6.76. The predicted molar refractivity (Wildman–Crippen MR) is 106 cm³/mol. The number of fused-ring (bicyclic) bond motifs is 2. The van der Waals surface area contributed by atoms with Gasteiger partial charge in [-0.1, -0.05) is 60.7 Å². The molecule has 1 aliphatic rings. The molecule has 3 aromatic rings. The number of rotatable bonds is 5. The normalized spacial score (nSPS) is 13.1. The van der Waals surface area contributed by atoms with Gasteiger partial charge in [0.05, 0.1) is 0 Å². The zero-order valence-electron chi connectivity index (χ0n) is 15.5. The van der Waals surface area contributed by atoms with Crippen molar-refractivity contribution in [2.45, 2.75) is 13.0 Å². The summed E-state index contributed by atoms with van der Waals surface area (Å²) in [6, 6.07) is 21.5. The van der Waals surface area contributed by atoms with Gasteiger partial charge in [0.15, 0.2) is 13.2 Å². The van der Waals surface area contributed by atoms with Crippen molar-refractivity contribution in [3.63, 3.8) is 0 Å². The van der Waals surface area contributed by atoms with Crippen molar-refractivity contribution in [1.29, 1.82) is 0 Å². The van der Waals surface area contributed by atoms with Crippen molar-refractivity contribution in [3.05, 3.63) is 77.9 Å². The molecule has 1 aliphatic heterocycles. The zero-order valence-corrected chi connectivity index (χ0v) is 15.5. The van der Waals surface area contributed by atoms with Crippen molar-refractivity contribution in [2.24, 2.45) is 0 Å². The lowest BCUT2D eigenvalue weighted by atomic mass is 10.00. The first-order valence-electron chi connectivity index (χ1n) is 9.31. The second kappa shape index (κ2) is 8.13. The van der Waals surface area contributed by atoms with Gasteiger partial charge in [0.25, 0.3) is 5.91 Å². The first-order valence-corrected chi connectivity index (χ1v) is 9.31. The van der Waals surface area contributed by atoms with Crippen LogP contribution >= 0.6 is 0 Å². The molecule has 5 nitrogen and oxygen atoms in total. The van der Waals surface area contributed by atoms with Gasteiger partial charge in [-0.05, 0) is 29.0 Å². The smallest absolute Gasteiger partial charge is 0.344 e. The van der Waals surface area contributed by atoms with E-state index in [0.717, 1.165) is 22.8 Å². The largest absolute Gasteiger partial charge is 0.481 e. The third kappa shape index (κ3) is 3.98. The highest BCUT2D eigenvalue weighted by Gasteiger charge is 2.21. The molecule has 0 bridgehead atoms. The van der Waals surface area contributed by atoms with Gasteiger partial charge >= 0.3 is 5.97 Å². The number of hydrogen-bond donors (Lipinski definition) is 0. The fraction of sp³-hybridized carbons (Fsp3) is 0.217. The first-order chi connectivity index (χ1) is 13.7. The summed E-state index contributed by atoms with van der Waals surface area (Å²) in [5, 5.41) is 1.97. The van der Waals surface area contributed by atoms with E-state index in [-0.39, 0.29) is 19.1 Å². The van der Waals surface area contributed by atoms with Gasteiger partial charge in [-0.3, -0.25) is 4.79 Å². The van der Waals surface area contributed by atoms with Crippen LogP contribution in [-0.4, -0.2) is 36.5 Å². The third-order valence-electron chi connectivity index (χ3n) is 4.94. The first kappa shape index (κ1) is 18.0.